The summed E-state index contributed by atoms with van der Waals surface area (Å²) in [4.78, 5) is 18.4. The van der Waals surface area contributed by atoms with Crippen LogP contribution < -0.4 is 5.32 Å². The molecule has 0 unspecified atom stereocenters. The standard InChI is InChI=1S/C12H15ClN6O2/c1-2-5-17-8-15-12(16-19(20)21)18(9-17)7-10-3-4-11(13)14-6-10/h2-4,6H,1,5,7-9H2,(H,15,16). The zero-order valence-electron chi connectivity index (χ0n) is 11.3. The lowest BCUT2D eigenvalue weighted by Gasteiger charge is -2.36. The molecule has 112 valence electrons. The Morgan fingerprint density at radius 3 is 3.05 bits per heavy atom. The lowest BCUT2D eigenvalue weighted by Crippen LogP contribution is -2.56. The molecule has 1 aromatic heterocycles. The van der Waals surface area contributed by atoms with Gasteiger partial charge in [0, 0.05) is 19.3 Å². The second-order valence-electron chi connectivity index (χ2n) is 4.47. The van der Waals surface area contributed by atoms with Gasteiger partial charge in [-0.2, -0.15) is 0 Å². The first-order valence-electron chi connectivity index (χ1n) is 6.24. The van der Waals surface area contributed by atoms with Gasteiger partial charge in [0.05, 0.1) is 13.3 Å². The van der Waals surface area contributed by atoms with Crippen LogP contribution in [0.25, 0.3) is 0 Å². The number of halogens is 1. The highest BCUT2D eigenvalue weighted by molar-refractivity contribution is 6.29. The summed E-state index contributed by atoms with van der Waals surface area (Å²) in [5.41, 5.74) is 0.887. The molecule has 1 aliphatic rings. The number of pyridine rings is 1. The van der Waals surface area contributed by atoms with Gasteiger partial charge < -0.3 is 10.2 Å². The van der Waals surface area contributed by atoms with Crippen LogP contribution in [0.3, 0.4) is 0 Å². The van der Waals surface area contributed by atoms with Crippen molar-refractivity contribution in [2.24, 2.45) is 5.10 Å². The molecule has 1 N–H and O–H groups in total. The molecular formula is C12H15ClN6O2. The Bertz CT molecular complexity index is 547. The number of hydrogen-bond donors (Lipinski definition) is 1. The smallest absolute Gasteiger partial charge is 0.273 e. The molecule has 2 rings (SSSR count). The highest BCUT2D eigenvalue weighted by atomic mass is 35.5. The van der Waals surface area contributed by atoms with E-state index in [0.717, 1.165) is 5.56 Å². The summed E-state index contributed by atoms with van der Waals surface area (Å²) >= 11 is 5.75. The molecule has 0 atom stereocenters. The van der Waals surface area contributed by atoms with Crippen LogP contribution in [0, 0.1) is 10.1 Å². The fourth-order valence-corrected chi connectivity index (χ4v) is 2.09. The normalized spacial score (nSPS) is 17.6. The molecule has 21 heavy (non-hydrogen) atoms. The van der Waals surface area contributed by atoms with Crippen LogP contribution in [-0.2, 0) is 6.54 Å². The summed E-state index contributed by atoms with van der Waals surface area (Å²) in [6.45, 7) is 5.79. The second-order valence-corrected chi connectivity index (χ2v) is 4.85. The van der Waals surface area contributed by atoms with E-state index < -0.39 is 5.03 Å². The third kappa shape index (κ3) is 4.40. The average Bonchev–Trinajstić information content (AvgIpc) is 2.44. The number of hydrogen-bond acceptors (Lipinski definition) is 4. The predicted octanol–water partition coefficient (Wildman–Crippen LogP) is 1.09. The van der Waals surface area contributed by atoms with Gasteiger partial charge in [0.15, 0.2) is 5.03 Å². The number of nitrogens with zero attached hydrogens (tertiary/aromatic N) is 5. The first-order chi connectivity index (χ1) is 10.1. The van der Waals surface area contributed by atoms with Gasteiger partial charge in [-0.1, -0.05) is 23.7 Å². The highest BCUT2D eigenvalue weighted by Gasteiger charge is 2.24. The maximum atomic E-state index is 10.6. The van der Waals surface area contributed by atoms with E-state index in [1.165, 1.54) is 0 Å². The van der Waals surface area contributed by atoms with Gasteiger partial charge >= 0.3 is 0 Å². The summed E-state index contributed by atoms with van der Waals surface area (Å²) in [5, 5.41) is 16.6. The van der Waals surface area contributed by atoms with Crippen LogP contribution in [0.4, 0.5) is 0 Å². The van der Waals surface area contributed by atoms with Crippen molar-refractivity contribution in [2.45, 2.75) is 6.54 Å². The molecule has 0 amide bonds. The molecule has 9 heteroatoms. The molecule has 1 fully saturated rings. The Morgan fingerprint density at radius 1 is 1.62 bits per heavy atom. The number of guanidine groups is 1. The fraction of sp³-hybridized carbons (Fsp3) is 0.333. The quantitative estimate of drug-likeness (QED) is 0.379. The van der Waals surface area contributed by atoms with Crippen molar-refractivity contribution in [3.05, 3.63) is 51.8 Å². The molecule has 0 spiro atoms. The largest absolute Gasteiger partial charge is 0.338 e. The predicted molar refractivity (Wildman–Crippen MR) is 79.0 cm³/mol. The number of rotatable bonds is 5. The molecule has 0 radical (unpaired) electrons. The number of hydrazone groups is 1. The summed E-state index contributed by atoms with van der Waals surface area (Å²) in [5.74, 6) is 0.232. The van der Waals surface area contributed by atoms with Crippen LogP contribution >= 0.6 is 11.6 Å². The summed E-state index contributed by atoms with van der Waals surface area (Å²) in [7, 11) is 0. The van der Waals surface area contributed by atoms with Gasteiger partial charge in [0.1, 0.15) is 10.3 Å². The van der Waals surface area contributed by atoms with Gasteiger partial charge in [-0.3, -0.25) is 4.90 Å². The van der Waals surface area contributed by atoms with E-state index in [1.807, 2.05) is 11.0 Å². The monoisotopic (exact) mass is 310 g/mol. The number of nitrogens with one attached hydrogen (secondary N) is 1. The molecule has 0 aliphatic carbocycles. The van der Waals surface area contributed by atoms with Gasteiger partial charge in [-0.15, -0.1) is 6.58 Å². The van der Waals surface area contributed by atoms with E-state index in [-0.39, 0.29) is 5.96 Å². The van der Waals surface area contributed by atoms with Crippen molar-refractivity contribution in [3.63, 3.8) is 0 Å². The van der Waals surface area contributed by atoms with Crippen molar-refractivity contribution in [3.8, 4) is 0 Å². The Kier molecular flexibility index (Phi) is 5.07. The maximum Gasteiger partial charge on any atom is 0.273 e. The van der Waals surface area contributed by atoms with E-state index in [1.54, 1.807) is 23.2 Å². The first kappa shape index (κ1) is 15.2. The Hall–Kier alpha value is -2.19. The van der Waals surface area contributed by atoms with Crippen molar-refractivity contribution in [2.75, 3.05) is 19.9 Å². The van der Waals surface area contributed by atoms with Crippen molar-refractivity contribution < 1.29 is 5.03 Å². The van der Waals surface area contributed by atoms with Crippen LogP contribution in [0.2, 0.25) is 5.15 Å². The van der Waals surface area contributed by atoms with Gasteiger partial charge in [0.2, 0.25) is 0 Å². The molecule has 1 saturated heterocycles. The van der Waals surface area contributed by atoms with Crippen LogP contribution in [0.1, 0.15) is 5.56 Å². The van der Waals surface area contributed by atoms with E-state index in [9.17, 15) is 10.1 Å². The average molecular weight is 311 g/mol. The summed E-state index contributed by atoms with van der Waals surface area (Å²) in [6, 6.07) is 3.51. The van der Waals surface area contributed by atoms with E-state index in [0.29, 0.717) is 31.6 Å². The van der Waals surface area contributed by atoms with Gasteiger partial charge in [-0.25, -0.2) is 15.1 Å². The first-order valence-corrected chi connectivity index (χ1v) is 6.62. The molecule has 0 bridgehead atoms. The Morgan fingerprint density at radius 2 is 2.43 bits per heavy atom. The lowest BCUT2D eigenvalue weighted by molar-refractivity contribution is -0.486. The number of aromatic nitrogens is 1. The Labute approximate surface area is 126 Å². The highest BCUT2D eigenvalue weighted by Crippen LogP contribution is 2.11. The fourth-order valence-electron chi connectivity index (χ4n) is 1.98. The molecule has 1 aliphatic heterocycles. The van der Waals surface area contributed by atoms with E-state index >= 15 is 0 Å². The molecule has 0 saturated carbocycles. The third-order valence-corrected chi connectivity index (χ3v) is 3.08. The van der Waals surface area contributed by atoms with Crippen molar-refractivity contribution >= 4 is 17.6 Å². The van der Waals surface area contributed by atoms with Crippen LogP contribution in [0.5, 0.6) is 0 Å². The van der Waals surface area contributed by atoms with Crippen LogP contribution in [-0.4, -0.2) is 45.7 Å². The number of nitro groups is 1. The van der Waals surface area contributed by atoms with Gasteiger partial charge in [0.25, 0.3) is 5.96 Å². The summed E-state index contributed by atoms with van der Waals surface area (Å²) in [6.07, 6.45) is 3.41. The topological polar surface area (TPSA) is 86.9 Å². The van der Waals surface area contributed by atoms with Gasteiger partial charge in [-0.05, 0) is 11.6 Å². The minimum Gasteiger partial charge on any atom is -0.338 e. The molecular weight excluding hydrogens is 296 g/mol. The molecule has 2 heterocycles. The maximum absolute atomic E-state index is 10.6. The molecule has 1 aromatic rings. The molecule has 0 aromatic carbocycles. The minimum atomic E-state index is -0.710. The lowest BCUT2D eigenvalue weighted by atomic mass is 10.2. The van der Waals surface area contributed by atoms with E-state index in [2.05, 4.69) is 22.0 Å². The molecule has 8 nitrogen and oxygen atoms in total. The summed E-state index contributed by atoms with van der Waals surface area (Å²) < 4.78 is 0. The third-order valence-electron chi connectivity index (χ3n) is 2.86. The zero-order valence-corrected chi connectivity index (χ0v) is 12.0. The van der Waals surface area contributed by atoms with Crippen molar-refractivity contribution in [1.29, 1.82) is 0 Å². The minimum absolute atomic E-state index is 0.232. The zero-order chi connectivity index (χ0) is 15.2. The SMILES string of the molecule is C=CCN1CN/C(=N/[N+](=O)[O-])N(Cc2ccc(Cl)nc2)C1. The van der Waals surface area contributed by atoms with Crippen LogP contribution in [0.15, 0.2) is 36.1 Å². The van der Waals surface area contributed by atoms with Crippen molar-refractivity contribution in [1.82, 2.24) is 20.1 Å². The second kappa shape index (κ2) is 7.00. The Balaban J connectivity index is 2.14. The van der Waals surface area contributed by atoms with E-state index in [4.69, 9.17) is 11.6 Å².